The van der Waals surface area contributed by atoms with Gasteiger partial charge in [-0.15, -0.1) is 0 Å². The van der Waals surface area contributed by atoms with Crippen LogP contribution in [0, 0.1) is 5.82 Å². The van der Waals surface area contributed by atoms with Crippen LogP contribution in [0.15, 0.2) is 36.4 Å². The molecule has 29 heavy (non-hydrogen) atoms. The summed E-state index contributed by atoms with van der Waals surface area (Å²) in [4.78, 5) is 14.3. The van der Waals surface area contributed by atoms with E-state index >= 15 is 0 Å². The van der Waals surface area contributed by atoms with E-state index in [4.69, 9.17) is 16.3 Å². The average Bonchev–Trinajstić information content (AvgIpc) is 3.07. The van der Waals surface area contributed by atoms with Gasteiger partial charge in [-0.1, -0.05) is 37.6 Å². The molecule has 1 aromatic heterocycles. The summed E-state index contributed by atoms with van der Waals surface area (Å²) >= 11 is 6.37. The molecule has 0 bridgehead atoms. The zero-order chi connectivity index (χ0) is 20.7. The van der Waals surface area contributed by atoms with E-state index in [1.54, 1.807) is 10.6 Å². The fraction of sp³-hybridized carbons (Fsp3) is 0.318. The van der Waals surface area contributed by atoms with Gasteiger partial charge in [-0.2, -0.15) is 0 Å². The van der Waals surface area contributed by atoms with Crippen LogP contribution < -0.4 is 4.90 Å². The van der Waals surface area contributed by atoms with Gasteiger partial charge in [0.2, 0.25) is 0 Å². The molecule has 1 aliphatic rings. The van der Waals surface area contributed by atoms with Gasteiger partial charge in [-0.3, -0.25) is 0 Å². The Morgan fingerprint density at radius 1 is 1.21 bits per heavy atom. The van der Waals surface area contributed by atoms with Gasteiger partial charge in [0.1, 0.15) is 5.82 Å². The van der Waals surface area contributed by atoms with Crippen molar-refractivity contribution in [3.05, 3.63) is 58.5 Å². The normalized spacial score (nSPS) is 14.7. The Balaban J connectivity index is 2.09. The molecule has 0 aliphatic carbocycles. The van der Waals surface area contributed by atoms with E-state index in [0.29, 0.717) is 48.6 Å². The molecule has 1 saturated heterocycles. The van der Waals surface area contributed by atoms with E-state index in [1.807, 2.05) is 29.2 Å². The van der Waals surface area contributed by atoms with Gasteiger partial charge < -0.3 is 19.3 Å². The van der Waals surface area contributed by atoms with Gasteiger partial charge in [-0.25, -0.2) is 9.18 Å². The van der Waals surface area contributed by atoms with E-state index in [-0.39, 0.29) is 16.6 Å². The first-order valence-corrected chi connectivity index (χ1v) is 9.96. The number of morpholine rings is 1. The molecule has 5 nitrogen and oxygen atoms in total. The molecule has 0 saturated carbocycles. The van der Waals surface area contributed by atoms with Gasteiger partial charge >= 0.3 is 5.97 Å². The molecule has 2 heterocycles. The van der Waals surface area contributed by atoms with Crippen molar-refractivity contribution >= 4 is 34.2 Å². The molecule has 0 unspecified atom stereocenters. The van der Waals surface area contributed by atoms with Crippen molar-refractivity contribution in [3.8, 4) is 5.69 Å². The number of hydrogen-bond acceptors (Lipinski definition) is 3. The molecule has 1 N–H and O–H groups in total. The molecule has 2 aromatic carbocycles. The van der Waals surface area contributed by atoms with Crippen LogP contribution in [0.4, 0.5) is 10.1 Å². The molecule has 0 radical (unpaired) electrons. The van der Waals surface area contributed by atoms with Gasteiger partial charge in [-0.05, 0) is 35.7 Å². The van der Waals surface area contributed by atoms with Crippen LogP contribution in [-0.4, -0.2) is 41.9 Å². The third-order valence-electron chi connectivity index (χ3n) is 5.32. The Hall–Kier alpha value is -2.57. The molecule has 4 rings (SSSR count). The number of aromatic carboxylic acids is 1. The number of fused-ring (bicyclic) bond motifs is 1. The number of rotatable bonds is 4. The van der Waals surface area contributed by atoms with Crippen molar-refractivity contribution in [2.24, 2.45) is 0 Å². The van der Waals surface area contributed by atoms with E-state index in [9.17, 15) is 14.3 Å². The van der Waals surface area contributed by atoms with E-state index in [2.05, 4.69) is 13.8 Å². The lowest BCUT2D eigenvalue weighted by atomic mass is 10.0. The second-order valence-electron chi connectivity index (χ2n) is 7.44. The first-order valence-electron chi connectivity index (χ1n) is 9.59. The summed E-state index contributed by atoms with van der Waals surface area (Å²) in [7, 11) is 0. The minimum absolute atomic E-state index is 0.0646. The highest BCUT2D eigenvalue weighted by atomic mass is 35.5. The minimum Gasteiger partial charge on any atom is -0.476 e. The Morgan fingerprint density at radius 3 is 2.59 bits per heavy atom. The number of anilines is 1. The quantitative estimate of drug-likeness (QED) is 0.644. The zero-order valence-electron chi connectivity index (χ0n) is 16.3. The maximum atomic E-state index is 14.4. The fourth-order valence-corrected chi connectivity index (χ4v) is 4.13. The standard InChI is InChI=1S/C22H22ClFN2O3/c1-13(2)14-4-3-5-15(12-14)26-17-7-6-16(24)19(23)18(17)20(21(26)22(27)28)25-8-10-29-11-9-25/h3-7,12-13H,8-11H2,1-2H3,(H,27,28). The topological polar surface area (TPSA) is 54.7 Å². The summed E-state index contributed by atoms with van der Waals surface area (Å²) in [6.07, 6.45) is 0. The van der Waals surface area contributed by atoms with Crippen molar-refractivity contribution in [2.75, 3.05) is 31.2 Å². The average molecular weight is 417 g/mol. The van der Waals surface area contributed by atoms with Crippen LogP contribution >= 0.6 is 11.6 Å². The second-order valence-corrected chi connectivity index (χ2v) is 7.82. The van der Waals surface area contributed by atoms with E-state index in [1.165, 1.54) is 6.07 Å². The third kappa shape index (κ3) is 3.36. The number of carboxylic acids is 1. The Labute approximate surface area is 173 Å². The number of aromatic nitrogens is 1. The number of benzene rings is 2. The minimum atomic E-state index is -1.09. The maximum Gasteiger partial charge on any atom is 0.355 e. The summed E-state index contributed by atoms with van der Waals surface area (Å²) in [6.45, 7) is 6.13. The SMILES string of the molecule is CC(C)c1cccc(-n2c(C(=O)O)c(N3CCOCC3)c3c(Cl)c(F)ccc32)c1. The largest absolute Gasteiger partial charge is 0.476 e. The first-order chi connectivity index (χ1) is 13.9. The monoisotopic (exact) mass is 416 g/mol. The van der Waals surface area contributed by atoms with Gasteiger partial charge in [0.05, 0.1) is 29.4 Å². The molecule has 3 aromatic rings. The van der Waals surface area contributed by atoms with Crippen LogP contribution in [0.5, 0.6) is 0 Å². The summed E-state index contributed by atoms with van der Waals surface area (Å²) in [5, 5.41) is 10.5. The highest BCUT2D eigenvalue weighted by molar-refractivity contribution is 6.37. The predicted octanol–water partition coefficient (Wildman–Crippen LogP) is 5.08. The summed E-state index contributed by atoms with van der Waals surface area (Å²) < 4.78 is 21.5. The first kappa shape index (κ1) is 19.7. The highest BCUT2D eigenvalue weighted by Gasteiger charge is 2.30. The summed E-state index contributed by atoms with van der Waals surface area (Å²) in [6, 6.07) is 10.6. The molecule has 7 heteroatoms. The van der Waals surface area contributed by atoms with Crippen LogP contribution in [-0.2, 0) is 4.74 Å². The lowest BCUT2D eigenvalue weighted by Crippen LogP contribution is -2.37. The Morgan fingerprint density at radius 2 is 1.93 bits per heavy atom. The fourth-order valence-electron chi connectivity index (χ4n) is 3.88. The van der Waals surface area contributed by atoms with Crippen molar-refractivity contribution in [3.63, 3.8) is 0 Å². The van der Waals surface area contributed by atoms with Crippen molar-refractivity contribution < 1.29 is 19.0 Å². The molecule has 1 aliphatic heterocycles. The van der Waals surface area contributed by atoms with Crippen LogP contribution in [0.2, 0.25) is 5.02 Å². The number of carboxylic acid groups (broad SMARTS) is 1. The van der Waals surface area contributed by atoms with E-state index < -0.39 is 11.8 Å². The molecule has 0 atom stereocenters. The number of halogens is 2. The summed E-state index contributed by atoms with van der Waals surface area (Å²) in [5.74, 6) is -1.38. The van der Waals surface area contributed by atoms with Gasteiger partial charge in [0.25, 0.3) is 0 Å². The molecule has 152 valence electrons. The van der Waals surface area contributed by atoms with Gasteiger partial charge in [0, 0.05) is 24.2 Å². The summed E-state index contributed by atoms with van der Waals surface area (Å²) in [5.41, 5.74) is 2.88. The smallest absolute Gasteiger partial charge is 0.355 e. The van der Waals surface area contributed by atoms with Crippen LogP contribution in [0.1, 0.15) is 35.8 Å². The Kier molecular flexibility index (Phi) is 5.23. The number of ether oxygens (including phenoxy) is 1. The molecule has 0 spiro atoms. The Bertz CT molecular complexity index is 1090. The van der Waals surface area contributed by atoms with E-state index in [0.717, 1.165) is 5.56 Å². The molecular weight excluding hydrogens is 395 g/mol. The zero-order valence-corrected chi connectivity index (χ0v) is 17.0. The number of nitrogens with zero attached hydrogens (tertiary/aromatic N) is 2. The second kappa shape index (κ2) is 7.69. The van der Waals surface area contributed by atoms with Crippen molar-refractivity contribution in [1.29, 1.82) is 0 Å². The maximum absolute atomic E-state index is 14.4. The third-order valence-corrected chi connectivity index (χ3v) is 5.69. The predicted molar refractivity (Wildman–Crippen MR) is 112 cm³/mol. The molecular formula is C22H22ClFN2O3. The lowest BCUT2D eigenvalue weighted by molar-refractivity contribution is 0.0688. The highest BCUT2D eigenvalue weighted by Crippen LogP contribution is 2.42. The number of carbonyl (C=O) groups is 1. The lowest BCUT2D eigenvalue weighted by Gasteiger charge is -2.29. The van der Waals surface area contributed by atoms with Crippen molar-refractivity contribution in [2.45, 2.75) is 19.8 Å². The van der Waals surface area contributed by atoms with Crippen LogP contribution in [0.3, 0.4) is 0 Å². The number of hydrogen-bond donors (Lipinski definition) is 1. The van der Waals surface area contributed by atoms with Crippen molar-refractivity contribution in [1.82, 2.24) is 4.57 Å². The molecule has 0 amide bonds. The van der Waals surface area contributed by atoms with Gasteiger partial charge in [0.15, 0.2) is 5.69 Å². The van der Waals surface area contributed by atoms with Crippen LogP contribution in [0.25, 0.3) is 16.6 Å². The molecule has 1 fully saturated rings.